The molecule has 4 nitrogen and oxygen atoms in total. The second-order valence-corrected chi connectivity index (χ2v) is 7.96. The third kappa shape index (κ3) is 7.92. The molecule has 0 unspecified atom stereocenters. The number of hydrogen-bond donors (Lipinski definition) is 0. The number of rotatable bonds is 6. The Hall–Kier alpha value is -0.157. The molecule has 7 heteroatoms. The predicted molar refractivity (Wildman–Crippen MR) is 119 cm³/mol. The summed E-state index contributed by atoms with van der Waals surface area (Å²) in [5, 5.41) is 0. The van der Waals surface area contributed by atoms with Gasteiger partial charge in [-0.2, -0.15) is 0 Å². The van der Waals surface area contributed by atoms with Crippen LogP contribution in [-0.4, -0.2) is 0 Å². The van der Waals surface area contributed by atoms with Crippen molar-refractivity contribution in [1.29, 1.82) is 0 Å². The van der Waals surface area contributed by atoms with Crippen molar-refractivity contribution >= 4 is 19.0 Å². The molecule has 4 aromatic carbocycles. The molecule has 0 aliphatic rings. The Morgan fingerprint density at radius 2 is 0.909 bits per heavy atom. The second-order valence-electron chi connectivity index (χ2n) is 6.88. The van der Waals surface area contributed by atoms with Gasteiger partial charge in [-0.05, 0) is 28.3 Å². The molecule has 0 heterocycles. The standard InChI is InChI=1S/C26H21O4P.2K/c27-31(28,29)30-24-19-11-10-18-23(24)26(22-16-8-3-9-17-22)25(20-12-4-1-5-13-20)21-14-6-2-7-15-21;;/h1-19H,(H2,27,28,29);;/q;2*+1/p-2. The van der Waals surface area contributed by atoms with Crippen LogP contribution in [0.2, 0.25) is 0 Å². The fraction of sp³-hybridized carbons (Fsp3) is 0. The summed E-state index contributed by atoms with van der Waals surface area (Å²) in [6, 6.07) is 36.0. The minimum Gasteiger partial charge on any atom is -0.780 e. The van der Waals surface area contributed by atoms with Gasteiger partial charge in [-0.15, -0.1) is 0 Å². The van der Waals surface area contributed by atoms with Crippen molar-refractivity contribution in [3.8, 4) is 5.75 Å². The van der Waals surface area contributed by atoms with Crippen LogP contribution < -0.4 is 117 Å². The first-order chi connectivity index (χ1) is 15.0. The van der Waals surface area contributed by atoms with Gasteiger partial charge >= 0.3 is 103 Å². The van der Waals surface area contributed by atoms with Crippen molar-refractivity contribution in [2.24, 2.45) is 0 Å². The molecule has 0 saturated heterocycles. The molecule has 0 aliphatic carbocycles. The van der Waals surface area contributed by atoms with E-state index in [4.69, 9.17) is 4.52 Å². The Kier molecular flexibility index (Phi) is 12.2. The van der Waals surface area contributed by atoms with E-state index in [-0.39, 0.29) is 109 Å². The van der Waals surface area contributed by atoms with Crippen LogP contribution in [0.1, 0.15) is 22.3 Å². The number of hydrogen-bond acceptors (Lipinski definition) is 4. The maximum atomic E-state index is 11.5. The molecule has 0 bridgehead atoms. The summed E-state index contributed by atoms with van der Waals surface area (Å²) in [4.78, 5) is 22.9. The summed E-state index contributed by atoms with van der Waals surface area (Å²) < 4.78 is 16.3. The maximum Gasteiger partial charge on any atom is 1.00 e. The summed E-state index contributed by atoms with van der Waals surface area (Å²) >= 11 is 0. The Morgan fingerprint density at radius 3 is 1.33 bits per heavy atom. The first kappa shape index (κ1) is 29.1. The molecular formula is C26H19K2O4P. The van der Waals surface area contributed by atoms with Crippen molar-refractivity contribution < 1.29 is 122 Å². The van der Waals surface area contributed by atoms with Gasteiger partial charge in [0.15, 0.2) is 0 Å². The zero-order valence-corrected chi connectivity index (χ0v) is 25.7. The third-order valence-corrected chi connectivity index (χ3v) is 5.22. The molecular weight excluding hydrogens is 485 g/mol. The zero-order chi connectivity index (χ0) is 21.7. The van der Waals surface area contributed by atoms with Gasteiger partial charge in [-0.1, -0.05) is 109 Å². The van der Waals surface area contributed by atoms with Crippen LogP contribution in [0.3, 0.4) is 0 Å². The fourth-order valence-corrected chi connectivity index (χ4v) is 3.98. The van der Waals surface area contributed by atoms with Gasteiger partial charge in [0, 0.05) is 11.1 Å². The van der Waals surface area contributed by atoms with Crippen LogP contribution in [0, 0.1) is 0 Å². The molecule has 33 heavy (non-hydrogen) atoms. The van der Waals surface area contributed by atoms with Gasteiger partial charge in [0.25, 0.3) is 0 Å². The van der Waals surface area contributed by atoms with E-state index < -0.39 is 7.82 Å². The van der Waals surface area contributed by atoms with E-state index >= 15 is 0 Å². The third-order valence-electron chi connectivity index (χ3n) is 4.80. The topological polar surface area (TPSA) is 72.4 Å². The molecule has 0 fully saturated rings. The summed E-state index contributed by atoms with van der Waals surface area (Å²) in [6.07, 6.45) is 0. The van der Waals surface area contributed by atoms with Gasteiger partial charge in [-0.25, -0.2) is 0 Å². The van der Waals surface area contributed by atoms with E-state index in [0.29, 0.717) is 5.56 Å². The van der Waals surface area contributed by atoms with Crippen LogP contribution in [-0.2, 0) is 4.57 Å². The van der Waals surface area contributed by atoms with Crippen LogP contribution >= 0.6 is 7.82 Å². The Balaban J connectivity index is 0.00000193. The molecule has 154 valence electrons. The summed E-state index contributed by atoms with van der Waals surface area (Å²) in [7, 11) is -5.24. The van der Waals surface area contributed by atoms with Gasteiger partial charge in [0.2, 0.25) is 0 Å². The molecule has 0 N–H and O–H groups in total. The molecule has 0 saturated carbocycles. The molecule has 0 aromatic heterocycles. The first-order valence-corrected chi connectivity index (χ1v) is 11.2. The molecule has 0 amide bonds. The van der Waals surface area contributed by atoms with Crippen LogP contribution in [0.5, 0.6) is 5.75 Å². The first-order valence-electron chi connectivity index (χ1n) is 9.74. The van der Waals surface area contributed by atoms with Crippen molar-refractivity contribution in [2.75, 3.05) is 0 Å². The van der Waals surface area contributed by atoms with Crippen LogP contribution in [0.15, 0.2) is 115 Å². The summed E-state index contributed by atoms with van der Waals surface area (Å²) in [5.41, 5.74) is 4.96. The second kappa shape index (κ2) is 13.8. The van der Waals surface area contributed by atoms with Gasteiger partial charge in [-0.3, -0.25) is 0 Å². The summed E-state index contributed by atoms with van der Waals surface area (Å²) in [6.45, 7) is 0. The number of benzene rings is 4. The smallest absolute Gasteiger partial charge is 0.780 e. The Morgan fingerprint density at radius 1 is 0.545 bits per heavy atom. The van der Waals surface area contributed by atoms with Crippen molar-refractivity contribution in [3.05, 3.63) is 138 Å². The van der Waals surface area contributed by atoms with E-state index in [1.54, 1.807) is 18.2 Å². The van der Waals surface area contributed by atoms with E-state index in [0.717, 1.165) is 27.8 Å². The molecule has 0 radical (unpaired) electrons. The number of para-hydroxylation sites is 1. The van der Waals surface area contributed by atoms with Crippen molar-refractivity contribution in [1.82, 2.24) is 0 Å². The van der Waals surface area contributed by atoms with Crippen molar-refractivity contribution in [3.63, 3.8) is 0 Å². The zero-order valence-electron chi connectivity index (χ0n) is 18.5. The molecule has 0 atom stereocenters. The average Bonchev–Trinajstić information content (AvgIpc) is 2.79. The predicted octanol–water partition coefficient (Wildman–Crippen LogP) is -1.09. The fourth-order valence-electron chi connectivity index (χ4n) is 3.58. The maximum absolute atomic E-state index is 11.5. The van der Waals surface area contributed by atoms with E-state index in [1.165, 1.54) is 6.07 Å². The van der Waals surface area contributed by atoms with Crippen LogP contribution in [0.25, 0.3) is 11.1 Å². The quantitative estimate of drug-likeness (QED) is 0.190. The minimum atomic E-state index is -5.24. The van der Waals surface area contributed by atoms with Gasteiger partial charge in [0.05, 0.1) is 0 Å². The largest absolute Gasteiger partial charge is 1.00 e. The number of phosphoric ester groups is 1. The average molecular weight is 505 g/mol. The van der Waals surface area contributed by atoms with Gasteiger partial charge in [0.1, 0.15) is 13.6 Å². The van der Waals surface area contributed by atoms with Crippen molar-refractivity contribution in [2.45, 2.75) is 0 Å². The minimum absolute atomic E-state index is 0. The Bertz CT molecular complexity index is 1200. The summed E-state index contributed by atoms with van der Waals surface area (Å²) in [5.74, 6) is -0.000881. The molecule has 0 aliphatic heterocycles. The molecule has 0 spiro atoms. The van der Waals surface area contributed by atoms with E-state index in [2.05, 4.69) is 0 Å². The van der Waals surface area contributed by atoms with Crippen LogP contribution in [0.4, 0.5) is 0 Å². The van der Waals surface area contributed by atoms with Gasteiger partial charge < -0.3 is 18.9 Å². The van der Waals surface area contributed by atoms with E-state index in [1.807, 2.05) is 91.0 Å². The molecule has 4 aromatic rings. The molecule has 4 rings (SSSR count). The SMILES string of the molecule is O=P([O-])([O-])Oc1ccccc1C(=C(c1ccccc1)c1ccccc1)c1ccccc1.[K+].[K+]. The number of phosphoric acid groups is 1. The van der Waals surface area contributed by atoms with E-state index in [9.17, 15) is 14.4 Å². The monoisotopic (exact) mass is 504 g/mol. The Labute approximate surface area is 279 Å². The normalized spacial score (nSPS) is 10.4.